The second kappa shape index (κ2) is 8.03. The standard InChI is InChI=1S/C21H24N2O4/c1-21(2,3)12-16-10-13(11-18(24)25)4-9-17(16)27-20(26)15-7-5-14(6-8-15)19(22)23/h4-10H,11-12H2,1-3H3,(H3,22,23)(H,24,25). The van der Waals surface area contributed by atoms with Crippen molar-refractivity contribution in [1.29, 1.82) is 5.41 Å². The Morgan fingerprint density at radius 1 is 1.07 bits per heavy atom. The number of carbonyl (C=O) groups is 2. The summed E-state index contributed by atoms with van der Waals surface area (Å²) < 4.78 is 5.57. The van der Waals surface area contributed by atoms with Gasteiger partial charge in [0.1, 0.15) is 11.6 Å². The molecule has 6 nitrogen and oxygen atoms in total. The minimum absolute atomic E-state index is 0.0634. The molecular weight excluding hydrogens is 344 g/mol. The summed E-state index contributed by atoms with van der Waals surface area (Å²) >= 11 is 0. The summed E-state index contributed by atoms with van der Waals surface area (Å²) in [6, 6.07) is 11.4. The molecule has 0 unspecified atom stereocenters. The van der Waals surface area contributed by atoms with E-state index < -0.39 is 11.9 Å². The average molecular weight is 368 g/mol. The van der Waals surface area contributed by atoms with E-state index in [1.54, 1.807) is 42.5 Å². The first-order chi connectivity index (χ1) is 12.5. The van der Waals surface area contributed by atoms with Crippen LogP contribution in [-0.4, -0.2) is 22.9 Å². The quantitative estimate of drug-likeness (QED) is 0.313. The largest absolute Gasteiger partial charge is 0.481 e. The zero-order valence-electron chi connectivity index (χ0n) is 15.7. The van der Waals surface area contributed by atoms with Crippen molar-refractivity contribution >= 4 is 17.8 Å². The molecule has 142 valence electrons. The van der Waals surface area contributed by atoms with Crippen LogP contribution in [0.4, 0.5) is 0 Å². The first-order valence-corrected chi connectivity index (χ1v) is 8.55. The lowest BCUT2D eigenvalue weighted by molar-refractivity contribution is -0.136. The van der Waals surface area contributed by atoms with Crippen LogP contribution in [-0.2, 0) is 17.6 Å². The number of ether oxygens (including phenoxy) is 1. The fourth-order valence-corrected chi connectivity index (χ4v) is 2.67. The second-order valence-electron chi connectivity index (χ2n) is 7.63. The van der Waals surface area contributed by atoms with Gasteiger partial charge in [-0.05, 0) is 41.2 Å². The number of carbonyl (C=O) groups excluding carboxylic acids is 1. The van der Waals surface area contributed by atoms with E-state index >= 15 is 0 Å². The lowest BCUT2D eigenvalue weighted by Crippen LogP contribution is -2.15. The molecule has 0 bridgehead atoms. The number of amidine groups is 1. The van der Waals surface area contributed by atoms with E-state index in [9.17, 15) is 9.59 Å². The molecule has 27 heavy (non-hydrogen) atoms. The number of carboxylic acids is 1. The Morgan fingerprint density at radius 3 is 2.19 bits per heavy atom. The summed E-state index contributed by atoms with van der Waals surface area (Å²) in [7, 11) is 0. The van der Waals surface area contributed by atoms with Gasteiger partial charge in [0.15, 0.2) is 0 Å². The lowest BCUT2D eigenvalue weighted by atomic mass is 9.87. The first-order valence-electron chi connectivity index (χ1n) is 8.55. The summed E-state index contributed by atoms with van der Waals surface area (Å²) in [4.78, 5) is 23.5. The third-order valence-corrected chi connectivity index (χ3v) is 3.84. The topological polar surface area (TPSA) is 113 Å². The summed E-state index contributed by atoms with van der Waals surface area (Å²) in [5.74, 6) is -1.09. The van der Waals surface area contributed by atoms with Crippen molar-refractivity contribution in [2.24, 2.45) is 11.1 Å². The minimum atomic E-state index is -0.910. The highest BCUT2D eigenvalue weighted by Crippen LogP contribution is 2.29. The molecule has 0 saturated heterocycles. The van der Waals surface area contributed by atoms with Crippen molar-refractivity contribution in [2.45, 2.75) is 33.6 Å². The van der Waals surface area contributed by atoms with Gasteiger partial charge in [-0.2, -0.15) is 0 Å². The lowest BCUT2D eigenvalue weighted by Gasteiger charge is -2.21. The predicted octanol–water partition coefficient (Wildman–Crippen LogP) is 3.41. The number of rotatable bonds is 6. The fraction of sp³-hybridized carbons (Fsp3) is 0.286. The highest BCUT2D eigenvalue weighted by molar-refractivity contribution is 5.97. The molecular formula is C21H24N2O4. The van der Waals surface area contributed by atoms with Crippen LogP contribution >= 0.6 is 0 Å². The number of hydrogen-bond donors (Lipinski definition) is 3. The van der Waals surface area contributed by atoms with Gasteiger partial charge in [-0.15, -0.1) is 0 Å². The monoisotopic (exact) mass is 368 g/mol. The van der Waals surface area contributed by atoms with Crippen LogP contribution in [0, 0.1) is 10.8 Å². The van der Waals surface area contributed by atoms with E-state index in [2.05, 4.69) is 20.8 Å². The average Bonchev–Trinajstić information content (AvgIpc) is 2.55. The van der Waals surface area contributed by atoms with E-state index in [1.165, 1.54) is 0 Å². The smallest absolute Gasteiger partial charge is 0.343 e. The molecule has 0 saturated carbocycles. The van der Waals surface area contributed by atoms with Crippen LogP contribution in [0.15, 0.2) is 42.5 Å². The van der Waals surface area contributed by atoms with Crippen molar-refractivity contribution in [2.75, 3.05) is 0 Å². The SMILES string of the molecule is CC(C)(C)Cc1cc(CC(=O)O)ccc1OC(=O)c1ccc(C(=N)N)cc1. The van der Waals surface area contributed by atoms with Crippen LogP contribution in [0.2, 0.25) is 0 Å². The molecule has 2 aromatic rings. The Hall–Kier alpha value is -3.15. The molecule has 0 heterocycles. The Balaban J connectivity index is 2.28. The molecule has 6 heteroatoms. The molecule has 0 aliphatic carbocycles. The normalized spacial score (nSPS) is 11.1. The highest BCUT2D eigenvalue weighted by Gasteiger charge is 2.18. The van der Waals surface area contributed by atoms with E-state index in [4.69, 9.17) is 21.0 Å². The maximum atomic E-state index is 12.5. The van der Waals surface area contributed by atoms with Crippen molar-refractivity contribution in [3.8, 4) is 5.75 Å². The van der Waals surface area contributed by atoms with E-state index in [1.807, 2.05) is 0 Å². The van der Waals surface area contributed by atoms with Crippen LogP contribution in [0.1, 0.15) is 47.8 Å². The molecule has 0 fully saturated rings. The summed E-state index contributed by atoms with van der Waals surface area (Å²) in [6.45, 7) is 6.18. The molecule has 2 aromatic carbocycles. The van der Waals surface area contributed by atoms with Crippen molar-refractivity contribution in [3.63, 3.8) is 0 Å². The van der Waals surface area contributed by atoms with Gasteiger partial charge in [0.05, 0.1) is 12.0 Å². The molecule has 0 spiro atoms. The molecule has 2 rings (SSSR count). The van der Waals surface area contributed by atoms with Gasteiger partial charge in [-0.1, -0.05) is 45.0 Å². The van der Waals surface area contributed by atoms with Gasteiger partial charge in [-0.25, -0.2) is 4.79 Å². The van der Waals surface area contributed by atoms with Gasteiger partial charge in [0, 0.05) is 5.56 Å². The van der Waals surface area contributed by atoms with Crippen LogP contribution in [0.3, 0.4) is 0 Å². The molecule has 0 aliphatic heterocycles. The maximum Gasteiger partial charge on any atom is 0.343 e. The van der Waals surface area contributed by atoms with E-state index in [-0.39, 0.29) is 17.7 Å². The molecule has 0 aromatic heterocycles. The van der Waals surface area contributed by atoms with Crippen molar-refractivity contribution in [3.05, 3.63) is 64.7 Å². The number of nitrogen functional groups attached to an aromatic ring is 1. The Bertz CT molecular complexity index is 865. The summed E-state index contributed by atoms with van der Waals surface area (Å²) in [5, 5.41) is 16.4. The number of carboxylic acid groups (broad SMARTS) is 1. The van der Waals surface area contributed by atoms with E-state index in [0.29, 0.717) is 28.9 Å². The van der Waals surface area contributed by atoms with Gasteiger partial charge in [-0.3, -0.25) is 10.2 Å². The van der Waals surface area contributed by atoms with Gasteiger partial charge in [0.2, 0.25) is 0 Å². The van der Waals surface area contributed by atoms with Crippen LogP contribution in [0.25, 0.3) is 0 Å². The molecule has 0 radical (unpaired) electrons. The highest BCUT2D eigenvalue weighted by atomic mass is 16.5. The Labute approximate surface area is 158 Å². The fourth-order valence-electron chi connectivity index (χ4n) is 2.67. The van der Waals surface area contributed by atoms with Gasteiger partial charge in [0.25, 0.3) is 0 Å². The third-order valence-electron chi connectivity index (χ3n) is 3.84. The van der Waals surface area contributed by atoms with Crippen molar-refractivity contribution in [1.82, 2.24) is 0 Å². The van der Waals surface area contributed by atoms with Crippen molar-refractivity contribution < 1.29 is 19.4 Å². The van der Waals surface area contributed by atoms with Gasteiger partial charge >= 0.3 is 11.9 Å². The van der Waals surface area contributed by atoms with Crippen LogP contribution in [0.5, 0.6) is 5.75 Å². The predicted molar refractivity (Wildman–Crippen MR) is 103 cm³/mol. The Kier molecular flexibility index (Phi) is 6.00. The number of nitrogens with one attached hydrogen (secondary N) is 1. The van der Waals surface area contributed by atoms with Gasteiger partial charge < -0.3 is 15.6 Å². The maximum absolute atomic E-state index is 12.5. The summed E-state index contributed by atoms with van der Waals surface area (Å²) in [5.41, 5.74) is 7.67. The zero-order valence-corrected chi connectivity index (χ0v) is 15.7. The van der Waals surface area contributed by atoms with E-state index in [0.717, 1.165) is 5.56 Å². The summed E-state index contributed by atoms with van der Waals surface area (Å²) in [6.07, 6.45) is 0.546. The molecule has 0 atom stereocenters. The number of hydrogen-bond acceptors (Lipinski definition) is 4. The first kappa shape index (κ1) is 20.2. The number of esters is 1. The number of nitrogens with two attached hydrogens (primary N) is 1. The molecule has 0 aliphatic rings. The number of aliphatic carboxylic acids is 1. The molecule has 0 amide bonds. The number of benzene rings is 2. The molecule has 4 N–H and O–H groups in total. The Morgan fingerprint density at radius 2 is 1.67 bits per heavy atom. The zero-order chi connectivity index (χ0) is 20.2. The van der Waals surface area contributed by atoms with Crippen LogP contribution < -0.4 is 10.5 Å². The minimum Gasteiger partial charge on any atom is -0.481 e. The third kappa shape index (κ3) is 5.95. The second-order valence-corrected chi connectivity index (χ2v) is 7.63.